The third-order valence-electron chi connectivity index (χ3n) is 4.27. The summed E-state index contributed by atoms with van der Waals surface area (Å²) in [4.78, 5) is 12.4. The quantitative estimate of drug-likeness (QED) is 0.616. The lowest BCUT2D eigenvalue weighted by atomic mass is 9.82. The van der Waals surface area contributed by atoms with E-state index in [0.717, 1.165) is 12.7 Å². The number of carbonyl (C=O) groups is 1. The number of sulfonamides is 1. The normalized spacial score (nSPS) is 12.4. The molecule has 1 rings (SSSR count). The monoisotopic (exact) mass is 428 g/mol. The third kappa shape index (κ3) is 8.51. The summed E-state index contributed by atoms with van der Waals surface area (Å²) in [5, 5.41) is 3.05. The number of methoxy groups -OCH3 is 2. The Bertz CT molecular complexity index is 798. The van der Waals surface area contributed by atoms with Crippen LogP contribution in [0.1, 0.15) is 53.9 Å². The van der Waals surface area contributed by atoms with Gasteiger partial charge in [0, 0.05) is 24.6 Å². The standard InChI is InChI=1S/C21H36N2O5S/c1-20(2,3)15-21(4,5)22-19(24)10-9-13-23(29(8,25)26)17-12-11-16(27-6)14-18(17)28-7/h11-12,14H,9-10,13,15H2,1-8H3,(H,22,24). The van der Waals surface area contributed by atoms with Crippen molar-refractivity contribution in [2.24, 2.45) is 5.41 Å². The number of nitrogens with zero attached hydrogens (tertiary/aromatic N) is 1. The average molecular weight is 429 g/mol. The Morgan fingerprint density at radius 3 is 2.21 bits per heavy atom. The second kappa shape index (κ2) is 9.69. The maximum absolute atomic E-state index is 12.4. The van der Waals surface area contributed by atoms with E-state index in [1.807, 2.05) is 13.8 Å². The lowest BCUT2D eigenvalue weighted by Crippen LogP contribution is -2.46. The molecule has 1 aromatic carbocycles. The lowest BCUT2D eigenvalue weighted by molar-refractivity contribution is -0.123. The number of rotatable bonds is 10. The topological polar surface area (TPSA) is 84.9 Å². The zero-order valence-corrected chi connectivity index (χ0v) is 19.8. The molecule has 1 aromatic rings. The fourth-order valence-corrected chi connectivity index (χ4v) is 4.62. The van der Waals surface area contributed by atoms with Crippen molar-refractivity contribution >= 4 is 21.6 Å². The van der Waals surface area contributed by atoms with Gasteiger partial charge in [-0.15, -0.1) is 0 Å². The van der Waals surface area contributed by atoms with Crippen LogP contribution in [-0.2, 0) is 14.8 Å². The minimum absolute atomic E-state index is 0.0885. The molecule has 29 heavy (non-hydrogen) atoms. The number of hydrogen-bond acceptors (Lipinski definition) is 5. The molecule has 0 heterocycles. The Morgan fingerprint density at radius 1 is 1.10 bits per heavy atom. The first-order chi connectivity index (χ1) is 13.2. The van der Waals surface area contributed by atoms with Gasteiger partial charge in [0.2, 0.25) is 15.9 Å². The molecule has 8 heteroatoms. The van der Waals surface area contributed by atoms with Crippen molar-refractivity contribution in [2.75, 3.05) is 31.3 Å². The van der Waals surface area contributed by atoms with Crippen molar-refractivity contribution in [3.8, 4) is 11.5 Å². The molecule has 1 amide bonds. The number of benzene rings is 1. The molecule has 0 aliphatic rings. The summed E-state index contributed by atoms with van der Waals surface area (Å²) in [6.45, 7) is 10.6. The number of carbonyl (C=O) groups excluding carboxylic acids is 1. The predicted molar refractivity (Wildman–Crippen MR) is 117 cm³/mol. The number of hydrogen-bond donors (Lipinski definition) is 1. The molecule has 0 radical (unpaired) electrons. The van der Waals surface area contributed by atoms with Gasteiger partial charge in [0.15, 0.2) is 0 Å². The molecule has 0 unspecified atom stereocenters. The molecule has 166 valence electrons. The van der Waals surface area contributed by atoms with E-state index in [2.05, 4.69) is 26.1 Å². The maximum Gasteiger partial charge on any atom is 0.232 e. The van der Waals surface area contributed by atoms with Crippen LogP contribution in [0.15, 0.2) is 18.2 Å². The van der Waals surface area contributed by atoms with Crippen LogP contribution in [0.4, 0.5) is 5.69 Å². The van der Waals surface area contributed by atoms with Gasteiger partial charge in [0.1, 0.15) is 11.5 Å². The summed E-state index contributed by atoms with van der Waals surface area (Å²) >= 11 is 0. The highest BCUT2D eigenvalue weighted by Crippen LogP contribution is 2.33. The Labute approximate surface area is 175 Å². The van der Waals surface area contributed by atoms with Crippen molar-refractivity contribution in [1.82, 2.24) is 5.32 Å². The summed E-state index contributed by atoms with van der Waals surface area (Å²) in [6.07, 6.45) is 2.60. The van der Waals surface area contributed by atoms with E-state index >= 15 is 0 Å². The smallest absolute Gasteiger partial charge is 0.232 e. The van der Waals surface area contributed by atoms with E-state index in [4.69, 9.17) is 9.47 Å². The molecule has 0 atom stereocenters. The molecule has 7 nitrogen and oxygen atoms in total. The summed E-state index contributed by atoms with van der Waals surface area (Å²) in [6, 6.07) is 4.96. The van der Waals surface area contributed by atoms with Crippen LogP contribution in [-0.4, -0.2) is 46.9 Å². The van der Waals surface area contributed by atoms with E-state index in [0.29, 0.717) is 23.6 Å². The minimum Gasteiger partial charge on any atom is -0.497 e. The molecule has 0 aliphatic carbocycles. The lowest BCUT2D eigenvalue weighted by Gasteiger charge is -2.33. The van der Waals surface area contributed by atoms with Gasteiger partial charge in [-0.3, -0.25) is 9.10 Å². The fourth-order valence-electron chi connectivity index (χ4n) is 3.65. The largest absolute Gasteiger partial charge is 0.497 e. The number of amides is 1. The summed E-state index contributed by atoms with van der Waals surface area (Å²) in [7, 11) is -0.540. The van der Waals surface area contributed by atoms with E-state index in [-0.39, 0.29) is 29.8 Å². The van der Waals surface area contributed by atoms with Crippen molar-refractivity contribution < 1.29 is 22.7 Å². The minimum atomic E-state index is -3.55. The van der Waals surface area contributed by atoms with Crippen molar-refractivity contribution in [3.05, 3.63) is 18.2 Å². The van der Waals surface area contributed by atoms with Crippen LogP contribution in [0, 0.1) is 5.41 Å². The Balaban J connectivity index is 2.84. The van der Waals surface area contributed by atoms with Gasteiger partial charge < -0.3 is 14.8 Å². The fraction of sp³-hybridized carbons (Fsp3) is 0.667. The van der Waals surface area contributed by atoms with E-state index in [9.17, 15) is 13.2 Å². The first kappa shape index (κ1) is 25.1. The van der Waals surface area contributed by atoms with Crippen LogP contribution in [0.5, 0.6) is 11.5 Å². The van der Waals surface area contributed by atoms with Gasteiger partial charge in [0.05, 0.1) is 26.2 Å². The second-order valence-corrected chi connectivity index (χ2v) is 11.1. The van der Waals surface area contributed by atoms with Crippen molar-refractivity contribution in [1.29, 1.82) is 0 Å². The first-order valence-electron chi connectivity index (χ1n) is 9.69. The molecular weight excluding hydrogens is 392 g/mol. The molecule has 0 aliphatic heterocycles. The Kier molecular flexibility index (Phi) is 8.38. The van der Waals surface area contributed by atoms with Crippen LogP contribution >= 0.6 is 0 Å². The number of nitrogens with one attached hydrogen (secondary N) is 1. The molecule has 1 N–H and O–H groups in total. The van der Waals surface area contributed by atoms with Gasteiger partial charge >= 0.3 is 0 Å². The molecule has 0 fully saturated rings. The molecule has 0 saturated carbocycles. The van der Waals surface area contributed by atoms with Gasteiger partial charge in [-0.05, 0) is 44.2 Å². The van der Waals surface area contributed by atoms with Crippen LogP contribution in [0.3, 0.4) is 0 Å². The van der Waals surface area contributed by atoms with E-state index < -0.39 is 10.0 Å². The summed E-state index contributed by atoms with van der Waals surface area (Å²) < 4.78 is 36.5. The van der Waals surface area contributed by atoms with Gasteiger partial charge in [-0.2, -0.15) is 0 Å². The highest BCUT2D eigenvalue weighted by atomic mass is 32.2. The Hall–Kier alpha value is -1.96. The average Bonchev–Trinajstić information content (AvgIpc) is 2.54. The summed E-state index contributed by atoms with van der Waals surface area (Å²) in [5.41, 5.74) is 0.184. The van der Waals surface area contributed by atoms with E-state index in [1.165, 1.54) is 18.5 Å². The van der Waals surface area contributed by atoms with Crippen LogP contribution in [0.25, 0.3) is 0 Å². The highest BCUT2D eigenvalue weighted by molar-refractivity contribution is 7.92. The van der Waals surface area contributed by atoms with Crippen LogP contribution < -0.4 is 19.1 Å². The van der Waals surface area contributed by atoms with Gasteiger partial charge in [0.25, 0.3) is 0 Å². The Morgan fingerprint density at radius 2 is 1.72 bits per heavy atom. The second-order valence-electron chi connectivity index (χ2n) is 9.15. The zero-order valence-electron chi connectivity index (χ0n) is 19.0. The molecule has 0 spiro atoms. The van der Waals surface area contributed by atoms with Gasteiger partial charge in [-0.25, -0.2) is 8.42 Å². The van der Waals surface area contributed by atoms with Crippen LogP contribution in [0.2, 0.25) is 0 Å². The number of ether oxygens (including phenoxy) is 2. The van der Waals surface area contributed by atoms with Gasteiger partial charge in [-0.1, -0.05) is 20.8 Å². The predicted octanol–water partition coefficient (Wildman–Crippen LogP) is 3.58. The first-order valence-corrected chi connectivity index (χ1v) is 11.5. The zero-order chi connectivity index (χ0) is 22.5. The maximum atomic E-state index is 12.4. The molecular formula is C21H36N2O5S. The third-order valence-corrected chi connectivity index (χ3v) is 5.45. The van der Waals surface area contributed by atoms with E-state index in [1.54, 1.807) is 18.2 Å². The highest BCUT2D eigenvalue weighted by Gasteiger charge is 2.27. The SMILES string of the molecule is COc1ccc(N(CCCC(=O)NC(C)(C)CC(C)(C)C)S(C)(=O)=O)c(OC)c1. The molecule has 0 aromatic heterocycles. The van der Waals surface area contributed by atoms with Crippen molar-refractivity contribution in [2.45, 2.75) is 59.4 Å². The number of anilines is 1. The van der Waals surface area contributed by atoms with Crippen molar-refractivity contribution in [3.63, 3.8) is 0 Å². The molecule has 0 saturated heterocycles. The molecule has 0 bridgehead atoms. The summed E-state index contributed by atoms with van der Waals surface area (Å²) in [5.74, 6) is 0.874.